The van der Waals surface area contributed by atoms with Gasteiger partial charge in [0.05, 0.1) is 17.9 Å². The molecule has 0 atom stereocenters. The second kappa shape index (κ2) is 4.23. The summed E-state index contributed by atoms with van der Waals surface area (Å²) in [6.07, 6.45) is 8.19. The van der Waals surface area contributed by atoms with E-state index in [1.165, 1.54) is 38.5 Å². The molecule has 0 amide bonds. The molecule has 0 unspecified atom stereocenters. The summed E-state index contributed by atoms with van der Waals surface area (Å²) >= 11 is 0. The van der Waals surface area contributed by atoms with Crippen molar-refractivity contribution in [2.75, 3.05) is 5.73 Å². The molecule has 0 aromatic carbocycles. The molecule has 1 aromatic rings. The number of nitrogens with zero attached hydrogens (tertiary/aromatic N) is 2. The van der Waals surface area contributed by atoms with Crippen molar-refractivity contribution in [3.8, 4) is 0 Å². The summed E-state index contributed by atoms with van der Waals surface area (Å²) in [5, 5.41) is 4.39. The second-order valence-electron chi connectivity index (χ2n) is 7.46. The largest absolute Gasteiger partial charge is 0.384 e. The van der Waals surface area contributed by atoms with Gasteiger partial charge in [-0.25, -0.2) is 0 Å². The Morgan fingerprint density at radius 2 is 1.75 bits per heavy atom. The normalized spacial score (nSPS) is 38.6. The molecule has 4 aliphatic carbocycles. The first-order valence-electron chi connectivity index (χ1n) is 7.96. The fraction of sp³-hybridized carbons (Fsp3) is 0.812. The Balaban J connectivity index is 1.52. The quantitative estimate of drug-likeness (QED) is 0.923. The van der Waals surface area contributed by atoms with E-state index in [2.05, 4.69) is 5.10 Å². The highest BCUT2D eigenvalue weighted by atomic mass is 16.5. The Hall–Kier alpha value is -1.03. The molecule has 5 rings (SSSR count). The number of aromatic nitrogens is 2. The number of anilines is 1. The molecular formula is C16H25N3O. The Bertz CT molecular complexity index is 499. The van der Waals surface area contributed by atoms with Crippen molar-refractivity contribution in [1.29, 1.82) is 0 Å². The lowest BCUT2D eigenvalue weighted by Gasteiger charge is -2.56. The van der Waals surface area contributed by atoms with Gasteiger partial charge in [0.2, 0.25) is 0 Å². The van der Waals surface area contributed by atoms with Crippen LogP contribution in [-0.4, -0.2) is 15.4 Å². The highest BCUT2D eigenvalue weighted by molar-refractivity contribution is 5.42. The predicted octanol–water partition coefficient (Wildman–Crippen LogP) is 2.80. The molecule has 4 nitrogen and oxygen atoms in total. The maximum atomic E-state index is 6.47. The summed E-state index contributed by atoms with van der Waals surface area (Å²) in [5.74, 6) is 3.53. The molecule has 20 heavy (non-hydrogen) atoms. The van der Waals surface area contributed by atoms with Gasteiger partial charge in [0.25, 0.3) is 0 Å². The number of hydrogen-bond acceptors (Lipinski definition) is 3. The van der Waals surface area contributed by atoms with Gasteiger partial charge in [-0.1, -0.05) is 0 Å². The Morgan fingerprint density at radius 1 is 1.20 bits per heavy atom. The first-order valence-corrected chi connectivity index (χ1v) is 7.96. The van der Waals surface area contributed by atoms with Crippen LogP contribution >= 0.6 is 0 Å². The summed E-state index contributed by atoms with van der Waals surface area (Å²) in [5.41, 5.74) is 8.35. The highest BCUT2D eigenvalue weighted by Crippen LogP contribution is 2.57. The van der Waals surface area contributed by atoms with E-state index in [4.69, 9.17) is 10.5 Å². The molecule has 1 heterocycles. The van der Waals surface area contributed by atoms with E-state index in [-0.39, 0.29) is 5.60 Å². The Labute approximate surface area is 120 Å². The molecule has 4 saturated carbocycles. The summed E-state index contributed by atoms with van der Waals surface area (Å²) < 4.78 is 8.23. The number of nitrogens with two attached hydrogens (primary N) is 1. The summed E-state index contributed by atoms with van der Waals surface area (Å²) in [6.45, 7) is 2.66. The van der Waals surface area contributed by atoms with Gasteiger partial charge in [-0.05, 0) is 63.2 Å². The molecule has 110 valence electrons. The molecule has 4 heteroatoms. The summed E-state index contributed by atoms with van der Waals surface area (Å²) in [7, 11) is 1.90. The van der Waals surface area contributed by atoms with E-state index in [1.807, 2.05) is 14.0 Å². The molecule has 4 bridgehead atoms. The lowest BCUT2D eigenvalue weighted by Crippen LogP contribution is -2.51. The van der Waals surface area contributed by atoms with Crippen LogP contribution in [0.15, 0.2) is 0 Å². The minimum absolute atomic E-state index is 0.156. The average Bonchev–Trinajstić information content (AvgIpc) is 2.59. The van der Waals surface area contributed by atoms with Crippen LogP contribution in [0.3, 0.4) is 0 Å². The Morgan fingerprint density at radius 3 is 2.20 bits per heavy atom. The van der Waals surface area contributed by atoms with E-state index in [0.29, 0.717) is 6.61 Å². The van der Waals surface area contributed by atoms with Crippen LogP contribution in [0, 0.1) is 24.7 Å². The SMILES string of the molecule is Cc1nn(C)c(N)c1COC12CC3CC(CC(C3)C1)C2. The molecule has 4 fully saturated rings. The molecule has 0 spiro atoms. The number of hydrogen-bond donors (Lipinski definition) is 1. The van der Waals surface area contributed by atoms with Crippen LogP contribution in [0.25, 0.3) is 0 Å². The highest BCUT2D eigenvalue weighted by Gasteiger charge is 2.51. The molecule has 0 aliphatic heterocycles. The smallest absolute Gasteiger partial charge is 0.127 e. The number of nitrogen functional groups attached to an aromatic ring is 1. The molecule has 1 aromatic heterocycles. The number of ether oxygens (including phenoxy) is 1. The number of aryl methyl sites for hydroxylation is 2. The molecule has 0 radical (unpaired) electrons. The van der Waals surface area contributed by atoms with Crippen LogP contribution < -0.4 is 5.73 Å². The monoisotopic (exact) mass is 275 g/mol. The number of rotatable bonds is 3. The van der Waals surface area contributed by atoms with Crippen LogP contribution in [0.1, 0.15) is 49.8 Å². The van der Waals surface area contributed by atoms with Gasteiger partial charge in [-0.3, -0.25) is 4.68 Å². The molecule has 4 aliphatic rings. The van der Waals surface area contributed by atoms with Crippen molar-refractivity contribution in [1.82, 2.24) is 9.78 Å². The average molecular weight is 275 g/mol. The van der Waals surface area contributed by atoms with E-state index in [9.17, 15) is 0 Å². The van der Waals surface area contributed by atoms with E-state index in [0.717, 1.165) is 34.8 Å². The van der Waals surface area contributed by atoms with Gasteiger partial charge in [0, 0.05) is 12.6 Å². The van der Waals surface area contributed by atoms with E-state index in [1.54, 1.807) is 4.68 Å². The Kier molecular flexibility index (Phi) is 2.69. The third-order valence-corrected chi connectivity index (χ3v) is 5.90. The van der Waals surface area contributed by atoms with Crippen molar-refractivity contribution in [3.05, 3.63) is 11.3 Å². The maximum absolute atomic E-state index is 6.47. The van der Waals surface area contributed by atoms with Crippen LogP contribution in [0.2, 0.25) is 0 Å². The van der Waals surface area contributed by atoms with E-state index >= 15 is 0 Å². The zero-order valence-electron chi connectivity index (χ0n) is 12.6. The molecule has 2 N–H and O–H groups in total. The summed E-state index contributed by atoms with van der Waals surface area (Å²) in [6, 6.07) is 0. The van der Waals surface area contributed by atoms with Crippen molar-refractivity contribution in [3.63, 3.8) is 0 Å². The van der Waals surface area contributed by atoms with Crippen molar-refractivity contribution in [2.24, 2.45) is 24.8 Å². The first-order chi connectivity index (χ1) is 9.55. The second-order valence-corrected chi connectivity index (χ2v) is 7.46. The van der Waals surface area contributed by atoms with Gasteiger partial charge in [0.1, 0.15) is 5.82 Å². The van der Waals surface area contributed by atoms with Gasteiger partial charge in [-0.2, -0.15) is 5.10 Å². The third-order valence-electron chi connectivity index (χ3n) is 5.90. The lowest BCUT2D eigenvalue weighted by atomic mass is 9.54. The minimum Gasteiger partial charge on any atom is -0.384 e. The van der Waals surface area contributed by atoms with Crippen molar-refractivity contribution in [2.45, 2.75) is 57.7 Å². The standard InChI is InChI=1S/C16H25N3O/c1-10-14(15(17)19(2)18-10)9-20-16-6-11-3-12(7-16)5-13(4-11)8-16/h11-13H,3-9,17H2,1-2H3. The van der Waals surface area contributed by atoms with Gasteiger partial charge < -0.3 is 10.5 Å². The van der Waals surface area contributed by atoms with Crippen LogP contribution in [0.4, 0.5) is 5.82 Å². The topological polar surface area (TPSA) is 53.1 Å². The van der Waals surface area contributed by atoms with Crippen LogP contribution in [0.5, 0.6) is 0 Å². The fourth-order valence-corrected chi connectivity index (χ4v) is 5.33. The maximum Gasteiger partial charge on any atom is 0.127 e. The van der Waals surface area contributed by atoms with Gasteiger partial charge in [0.15, 0.2) is 0 Å². The van der Waals surface area contributed by atoms with Crippen molar-refractivity contribution < 1.29 is 4.74 Å². The van der Waals surface area contributed by atoms with Crippen molar-refractivity contribution >= 4 is 5.82 Å². The first kappa shape index (κ1) is 12.7. The zero-order valence-corrected chi connectivity index (χ0v) is 12.6. The molecular weight excluding hydrogens is 250 g/mol. The third kappa shape index (κ3) is 1.88. The summed E-state index contributed by atoms with van der Waals surface area (Å²) in [4.78, 5) is 0. The lowest BCUT2D eigenvalue weighted by molar-refractivity contribution is -0.168. The predicted molar refractivity (Wildman–Crippen MR) is 78.0 cm³/mol. The minimum atomic E-state index is 0.156. The molecule has 0 saturated heterocycles. The van der Waals surface area contributed by atoms with Gasteiger partial charge >= 0.3 is 0 Å². The van der Waals surface area contributed by atoms with Crippen LogP contribution in [-0.2, 0) is 18.4 Å². The van der Waals surface area contributed by atoms with E-state index < -0.39 is 0 Å². The fourth-order valence-electron chi connectivity index (χ4n) is 5.33. The zero-order chi connectivity index (χ0) is 13.9. The van der Waals surface area contributed by atoms with Gasteiger partial charge in [-0.15, -0.1) is 0 Å².